The van der Waals surface area contributed by atoms with Crippen LogP contribution in [0.4, 0.5) is 5.13 Å². The number of anilines is 1. The summed E-state index contributed by atoms with van der Waals surface area (Å²) in [4.78, 5) is 22.7. The number of amides is 1. The summed E-state index contributed by atoms with van der Waals surface area (Å²) >= 11 is 7.93. The van der Waals surface area contributed by atoms with Crippen LogP contribution in [0, 0.1) is 20.8 Å². The zero-order valence-electron chi connectivity index (χ0n) is 18.3. The van der Waals surface area contributed by atoms with Crippen LogP contribution >= 0.6 is 22.9 Å². The second-order valence-electron chi connectivity index (χ2n) is 8.12. The molecule has 0 saturated carbocycles. The van der Waals surface area contributed by atoms with Gasteiger partial charge >= 0.3 is 0 Å². The molecule has 0 radical (unpaired) electrons. The van der Waals surface area contributed by atoms with Gasteiger partial charge in [-0.05, 0) is 50.5 Å². The normalized spacial score (nSPS) is 14.8. The number of rotatable bonds is 6. The molecular formula is C24H28ClN3O2S. The Morgan fingerprint density at radius 3 is 2.65 bits per heavy atom. The van der Waals surface area contributed by atoms with Crippen molar-refractivity contribution in [2.75, 3.05) is 44.3 Å². The van der Waals surface area contributed by atoms with E-state index in [0.717, 1.165) is 71.7 Å². The van der Waals surface area contributed by atoms with Gasteiger partial charge in [-0.15, -0.1) is 0 Å². The van der Waals surface area contributed by atoms with Crippen molar-refractivity contribution in [3.63, 3.8) is 0 Å². The second-order valence-corrected chi connectivity index (χ2v) is 9.51. The molecule has 1 amide bonds. The molecule has 0 atom stereocenters. The number of aryl methyl sites for hydroxylation is 3. The van der Waals surface area contributed by atoms with Gasteiger partial charge in [0.05, 0.1) is 28.5 Å². The first kappa shape index (κ1) is 22.2. The first-order valence-electron chi connectivity index (χ1n) is 10.7. The van der Waals surface area contributed by atoms with Gasteiger partial charge in [0.15, 0.2) is 5.13 Å². The van der Waals surface area contributed by atoms with Gasteiger partial charge in [0.1, 0.15) is 0 Å². The van der Waals surface area contributed by atoms with E-state index in [1.165, 1.54) is 11.3 Å². The van der Waals surface area contributed by atoms with Crippen molar-refractivity contribution in [2.24, 2.45) is 0 Å². The van der Waals surface area contributed by atoms with Crippen LogP contribution in [-0.2, 0) is 4.74 Å². The molecule has 2 heterocycles. The number of hydrogen-bond acceptors (Lipinski definition) is 5. The number of morpholine rings is 1. The van der Waals surface area contributed by atoms with Crippen LogP contribution in [0.25, 0.3) is 10.2 Å². The Labute approximate surface area is 192 Å². The summed E-state index contributed by atoms with van der Waals surface area (Å²) in [5, 5.41) is 1.38. The van der Waals surface area contributed by atoms with Crippen LogP contribution < -0.4 is 4.90 Å². The number of benzene rings is 2. The molecule has 0 spiro atoms. The third-order valence-corrected chi connectivity index (χ3v) is 7.27. The van der Waals surface area contributed by atoms with Gasteiger partial charge in [0, 0.05) is 31.7 Å². The Morgan fingerprint density at radius 1 is 1.16 bits per heavy atom. The Balaban J connectivity index is 1.64. The maximum absolute atomic E-state index is 13.6. The minimum absolute atomic E-state index is 0.00712. The highest BCUT2D eigenvalue weighted by Crippen LogP contribution is 2.36. The molecule has 4 rings (SSSR count). The van der Waals surface area contributed by atoms with Crippen molar-refractivity contribution in [1.29, 1.82) is 0 Å². The number of hydrogen-bond donors (Lipinski definition) is 0. The molecule has 1 aliphatic rings. The first-order valence-corrected chi connectivity index (χ1v) is 11.9. The summed E-state index contributed by atoms with van der Waals surface area (Å²) in [7, 11) is 0. The lowest BCUT2D eigenvalue weighted by Crippen LogP contribution is -2.39. The number of carbonyl (C=O) groups excluding carboxylic acids is 1. The molecule has 2 aromatic carbocycles. The summed E-state index contributed by atoms with van der Waals surface area (Å²) in [5.74, 6) is -0.00712. The van der Waals surface area contributed by atoms with E-state index in [-0.39, 0.29) is 5.91 Å². The molecular weight excluding hydrogens is 430 g/mol. The minimum atomic E-state index is -0.00712. The van der Waals surface area contributed by atoms with Gasteiger partial charge < -0.3 is 4.74 Å². The van der Waals surface area contributed by atoms with Gasteiger partial charge in [-0.25, -0.2) is 4.98 Å². The smallest absolute Gasteiger partial charge is 0.260 e. The maximum atomic E-state index is 13.6. The molecule has 164 valence electrons. The van der Waals surface area contributed by atoms with E-state index in [0.29, 0.717) is 16.7 Å². The van der Waals surface area contributed by atoms with Crippen LogP contribution in [0.2, 0.25) is 5.02 Å². The molecule has 7 heteroatoms. The van der Waals surface area contributed by atoms with Crippen LogP contribution in [-0.4, -0.2) is 55.2 Å². The Bertz CT molecular complexity index is 1050. The summed E-state index contributed by atoms with van der Waals surface area (Å²) in [5.41, 5.74) is 4.79. The molecule has 5 nitrogen and oxygen atoms in total. The Hall–Kier alpha value is -1.99. The van der Waals surface area contributed by atoms with E-state index < -0.39 is 0 Å². The predicted octanol–water partition coefficient (Wildman–Crippen LogP) is 5.24. The highest BCUT2D eigenvalue weighted by atomic mass is 35.5. The van der Waals surface area contributed by atoms with E-state index >= 15 is 0 Å². The van der Waals surface area contributed by atoms with Gasteiger partial charge in [0.2, 0.25) is 0 Å². The van der Waals surface area contributed by atoms with E-state index in [2.05, 4.69) is 11.0 Å². The molecule has 1 saturated heterocycles. The fourth-order valence-corrected chi connectivity index (χ4v) is 5.31. The van der Waals surface area contributed by atoms with Crippen molar-refractivity contribution in [3.05, 3.63) is 57.6 Å². The summed E-state index contributed by atoms with van der Waals surface area (Å²) in [6.07, 6.45) is 0.874. The highest BCUT2D eigenvalue weighted by molar-refractivity contribution is 7.23. The molecule has 3 aromatic rings. The lowest BCUT2D eigenvalue weighted by Gasteiger charge is -2.28. The molecule has 1 aliphatic heterocycles. The van der Waals surface area contributed by atoms with Crippen molar-refractivity contribution in [2.45, 2.75) is 27.2 Å². The highest BCUT2D eigenvalue weighted by Gasteiger charge is 2.24. The van der Waals surface area contributed by atoms with Gasteiger partial charge in [-0.2, -0.15) is 0 Å². The summed E-state index contributed by atoms with van der Waals surface area (Å²) in [6, 6.07) is 9.84. The Kier molecular flexibility index (Phi) is 6.92. The molecule has 1 aromatic heterocycles. The summed E-state index contributed by atoms with van der Waals surface area (Å²) in [6.45, 7) is 11.1. The van der Waals surface area contributed by atoms with Crippen LogP contribution in [0.3, 0.4) is 0 Å². The third kappa shape index (κ3) is 4.93. The number of nitrogens with zero attached hydrogens (tertiary/aromatic N) is 3. The minimum Gasteiger partial charge on any atom is -0.379 e. The molecule has 0 unspecified atom stereocenters. The molecule has 0 N–H and O–H groups in total. The number of halogens is 1. The molecule has 0 bridgehead atoms. The fourth-order valence-electron chi connectivity index (χ4n) is 3.97. The second kappa shape index (κ2) is 9.65. The number of carbonyl (C=O) groups is 1. The first-order chi connectivity index (χ1) is 14.9. The van der Waals surface area contributed by atoms with Gasteiger partial charge in [-0.1, -0.05) is 46.7 Å². The molecule has 31 heavy (non-hydrogen) atoms. The standard InChI is InChI=1S/C24H28ClN3O2S/c1-16-5-7-19(18(3)15-16)23(29)28(10-4-9-27-11-13-30-14-12-27)24-26-21-17(2)6-8-20(25)22(21)31-24/h5-8,15H,4,9-14H2,1-3H3. The van der Waals surface area contributed by atoms with Crippen molar-refractivity contribution in [3.8, 4) is 0 Å². The number of fused-ring (bicyclic) bond motifs is 1. The SMILES string of the molecule is Cc1ccc(C(=O)N(CCCN2CCOCC2)c2nc3c(C)ccc(Cl)c3s2)c(C)c1. The summed E-state index contributed by atoms with van der Waals surface area (Å²) < 4.78 is 6.38. The van der Waals surface area contributed by atoms with Crippen molar-refractivity contribution >= 4 is 44.2 Å². The topological polar surface area (TPSA) is 45.7 Å². The van der Waals surface area contributed by atoms with E-state index in [1.807, 2.05) is 49.9 Å². The van der Waals surface area contributed by atoms with Crippen molar-refractivity contribution in [1.82, 2.24) is 9.88 Å². The monoisotopic (exact) mass is 457 g/mol. The number of thiazole rings is 1. The quantitative estimate of drug-likeness (QED) is 0.507. The lowest BCUT2D eigenvalue weighted by molar-refractivity contribution is 0.0376. The van der Waals surface area contributed by atoms with E-state index in [4.69, 9.17) is 21.3 Å². The molecule has 1 fully saturated rings. The average Bonchev–Trinajstić information content (AvgIpc) is 3.21. The third-order valence-electron chi connectivity index (χ3n) is 5.73. The van der Waals surface area contributed by atoms with E-state index in [1.54, 1.807) is 0 Å². The Morgan fingerprint density at radius 2 is 1.94 bits per heavy atom. The van der Waals surface area contributed by atoms with E-state index in [9.17, 15) is 4.79 Å². The van der Waals surface area contributed by atoms with Crippen LogP contribution in [0.15, 0.2) is 30.3 Å². The van der Waals surface area contributed by atoms with Gasteiger partial charge in [-0.3, -0.25) is 14.6 Å². The van der Waals surface area contributed by atoms with Gasteiger partial charge in [0.25, 0.3) is 5.91 Å². The lowest BCUT2D eigenvalue weighted by atomic mass is 10.0. The maximum Gasteiger partial charge on any atom is 0.260 e. The fraction of sp³-hybridized carbons (Fsp3) is 0.417. The zero-order chi connectivity index (χ0) is 22.0. The number of ether oxygens (including phenoxy) is 1. The van der Waals surface area contributed by atoms with Crippen LogP contribution in [0.1, 0.15) is 33.5 Å². The average molecular weight is 458 g/mol. The predicted molar refractivity (Wildman–Crippen MR) is 129 cm³/mol. The molecule has 0 aliphatic carbocycles. The van der Waals surface area contributed by atoms with Crippen LogP contribution in [0.5, 0.6) is 0 Å². The largest absolute Gasteiger partial charge is 0.379 e. The van der Waals surface area contributed by atoms with Crippen molar-refractivity contribution < 1.29 is 9.53 Å². The zero-order valence-corrected chi connectivity index (χ0v) is 19.9. The number of aromatic nitrogens is 1.